The van der Waals surface area contributed by atoms with Crippen molar-refractivity contribution in [3.63, 3.8) is 0 Å². The van der Waals surface area contributed by atoms with Crippen LogP contribution < -0.4 is 0 Å². The van der Waals surface area contributed by atoms with E-state index in [1.165, 1.54) is 0 Å². The van der Waals surface area contributed by atoms with Crippen LogP contribution in [0.15, 0.2) is 0 Å². The Kier molecular flexibility index (Phi) is 78.1. The van der Waals surface area contributed by atoms with E-state index >= 15 is 0 Å². The van der Waals surface area contributed by atoms with Crippen molar-refractivity contribution in [1.82, 2.24) is 0 Å². The zero-order chi connectivity index (χ0) is 13.5. The average Bonchev–Trinajstić information content (AvgIpc) is 1.41. The molecule has 0 fully saturated rings. The first-order chi connectivity index (χ1) is 6.00. The van der Waals surface area contributed by atoms with Crippen LogP contribution in [0.2, 0.25) is 0 Å². The predicted molar refractivity (Wildman–Crippen MR) is 93.3 cm³/mol. The quantitative estimate of drug-likeness (QED) is 0.104. The van der Waals surface area contributed by atoms with Crippen LogP contribution in [-0.4, -0.2) is 280 Å². The zero-order valence-electron chi connectivity index (χ0n) is 20.2. The van der Waals surface area contributed by atoms with E-state index in [2.05, 4.69) is 0 Å². The monoisotopic (exact) mass is 530 g/mol. The third-order valence-corrected chi connectivity index (χ3v) is 0. The Hall–Kier alpha value is 6.81. The summed E-state index contributed by atoms with van der Waals surface area (Å²) in [6.45, 7) is 0. The molecule has 0 radical (unpaired) electrons. The van der Waals surface area contributed by atoms with Crippen molar-refractivity contribution in [3.05, 3.63) is 0 Å². The van der Waals surface area contributed by atoms with Gasteiger partial charge >= 0.3 is 217 Å². The summed E-state index contributed by atoms with van der Waals surface area (Å²) in [4.78, 5) is 58.6. The minimum Gasteiger partial charge on any atom is -1.00 e. The molecule has 12 nitrogen and oxygen atoms in total. The molecule has 0 saturated carbocycles. The Morgan fingerprint density at radius 3 is 0.571 bits per heavy atom. The fourth-order valence-electron chi connectivity index (χ4n) is 0. The van der Waals surface area contributed by atoms with Crippen LogP contribution in [0.3, 0.4) is 0 Å². The summed E-state index contributed by atoms with van der Waals surface area (Å²) in [6.07, 6.45) is 0. The number of hydrogen-bond acceptors (Lipinski definition) is 10. The van der Waals surface area contributed by atoms with Crippen molar-refractivity contribution in [1.29, 1.82) is 0 Å². The maximum atomic E-state index is 8.74. The molecule has 0 aromatic heterocycles. The number of rotatable bonds is 0. The molecule has 0 aromatic rings. The third-order valence-electron chi connectivity index (χ3n) is 0. The molecule has 0 bridgehead atoms. The first-order valence-corrected chi connectivity index (χ1v) is 7.46. The summed E-state index contributed by atoms with van der Waals surface area (Å²) in [5.41, 5.74) is 0. The van der Waals surface area contributed by atoms with Gasteiger partial charge in [-0.05, 0) is 0 Å². The van der Waals surface area contributed by atoms with E-state index < -0.39 is 28.5 Å². The van der Waals surface area contributed by atoms with Gasteiger partial charge in [0.1, 0.15) is 0 Å². The largest absolute Gasteiger partial charge is 2.00 e. The molecule has 0 aromatic carbocycles. The minimum absolute atomic E-state index is 0. The Bertz CT molecular complexity index is 243. The van der Waals surface area contributed by atoms with E-state index in [0.29, 0.717) is 0 Å². The summed E-state index contributed by atoms with van der Waals surface area (Å²) in [5.74, 6) is 0. The summed E-state index contributed by atoms with van der Waals surface area (Å²) >= 11 is 0. The molecule has 0 aliphatic carbocycles. The van der Waals surface area contributed by atoms with Gasteiger partial charge in [0.05, 0.1) is 0 Å². The summed E-state index contributed by atoms with van der Waals surface area (Å²) in [5, 5.41) is 0. The Morgan fingerprint density at radius 2 is 0.571 bits per heavy atom. The molecule has 0 atom stereocenters. The molecule has 122 valence electrons. The Morgan fingerprint density at radius 1 is 0.571 bits per heavy atom. The summed E-state index contributed by atoms with van der Waals surface area (Å²) < 4.78 is 31.6. The number of hydrogen-bond donors (Lipinski definition) is 10. The first kappa shape index (κ1) is 56.5. The molecule has 0 heterocycles. The van der Waals surface area contributed by atoms with Crippen molar-refractivity contribution in [2.24, 2.45) is 0 Å². The van der Waals surface area contributed by atoms with Crippen molar-refractivity contribution in [3.8, 4) is 0 Å². The van der Waals surface area contributed by atoms with Gasteiger partial charge in [-0.15, -0.1) is 0 Å². The van der Waals surface area contributed by atoms with Crippen molar-refractivity contribution in [2.75, 3.05) is 0 Å². The van der Waals surface area contributed by atoms with Crippen LogP contribution in [0, 0.1) is 0 Å². The predicted octanol–water partition coefficient (Wildman–Crippen LogP) is -7.83. The van der Waals surface area contributed by atoms with Crippen LogP contribution in [0.5, 0.6) is 0 Å². The third kappa shape index (κ3) is 356. The SMILES string of the molecule is O=S(=O)(O)O.O[Si](O)(O)O.O[Si](O)(O)O.[AlH3].[Ca+2].[Ca+2].[Ca+2].[Ca+2].[Ca+2].[H-].[H-].[H-].[H-].[H-].[H-].[H-].[H-].[H-].[H-]. The van der Waals surface area contributed by atoms with Crippen molar-refractivity contribution >= 4 is 235 Å². The fourth-order valence-corrected chi connectivity index (χ4v) is 0. The first-order valence-electron chi connectivity index (χ1n) is 2.49. The average molecular weight is 531 g/mol. The molecule has 0 rings (SSSR count). The minimum atomic E-state index is -4.67. The van der Waals surface area contributed by atoms with E-state index in [0.717, 1.165) is 0 Å². The topological polar surface area (TPSA) is 236 Å². The maximum absolute atomic E-state index is 8.74. The van der Waals surface area contributed by atoms with Crippen LogP contribution >= 0.6 is 0 Å². The smallest absolute Gasteiger partial charge is 1.00 e. The zero-order valence-corrected chi connectivity index (χ0v) is 24.1. The normalized spacial score (nSPS) is 8.48. The second kappa shape index (κ2) is 29.0. The molecule has 0 saturated heterocycles. The van der Waals surface area contributed by atoms with Gasteiger partial charge in [0, 0.05) is 0 Å². The summed E-state index contributed by atoms with van der Waals surface area (Å²) in [6, 6.07) is 0. The fraction of sp³-hybridized carbons (Fsp3) is 0. The van der Waals surface area contributed by atoms with Crippen LogP contribution in [0.1, 0.15) is 14.3 Å². The molecule has 0 spiro atoms. The van der Waals surface area contributed by atoms with Gasteiger partial charge in [-0.25, -0.2) is 0 Å². The van der Waals surface area contributed by atoms with Crippen molar-refractivity contribution < 1.29 is 70.2 Å². The van der Waals surface area contributed by atoms with E-state index in [1.807, 2.05) is 0 Å². The van der Waals surface area contributed by atoms with E-state index in [9.17, 15) is 0 Å². The molecule has 0 aliphatic rings. The molecule has 0 aliphatic heterocycles. The standard InChI is InChI=1S/Al.5Ca.H2O4S.2H4O4Si.13H/c;;;;;;3*1-5(2,3)4;;;;;;;;;;;;;/h;;;;;;(H2,1,2,3,4);2*1-4H;;;;;;;;;;;;;/q;5*+2;;;;;;;10*-1. The molecular formula is H23AlCa5O12SSi2. The Balaban J connectivity index is -0.00000000326. The van der Waals surface area contributed by atoms with Gasteiger partial charge < -0.3 is 52.6 Å². The van der Waals surface area contributed by atoms with E-state index in [4.69, 9.17) is 55.9 Å². The van der Waals surface area contributed by atoms with Gasteiger partial charge in [0.2, 0.25) is 0 Å². The van der Waals surface area contributed by atoms with Crippen LogP contribution in [0.25, 0.3) is 0 Å². The van der Waals surface area contributed by atoms with Gasteiger partial charge in [-0.3, -0.25) is 9.11 Å². The van der Waals surface area contributed by atoms with Gasteiger partial charge in [0.15, 0.2) is 17.4 Å². The van der Waals surface area contributed by atoms with Crippen LogP contribution in [-0.2, 0) is 10.4 Å². The van der Waals surface area contributed by atoms with Gasteiger partial charge in [0.25, 0.3) is 0 Å². The Labute approximate surface area is 297 Å². The van der Waals surface area contributed by atoms with E-state index in [-0.39, 0.29) is 220 Å². The molecule has 21 heteroatoms. The summed E-state index contributed by atoms with van der Waals surface area (Å²) in [7, 11) is -13.9. The maximum Gasteiger partial charge on any atom is 2.00 e. The molecule has 21 heavy (non-hydrogen) atoms. The molecule has 10 N–H and O–H groups in total. The molecule has 0 unspecified atom stereocenters. The second-order valence-electron chi connectivity index (χ2n) is 1.65. The second-order valence-corrected chi connectivity index (χ2v) is 4.94. The van der Waals surface area contributed by atoms with Gasteiger partial charge in [-0.2, -0.15) is 8.42 Å². The van der Waals surface area contributed by atoms with E-state index in [1.54, 1.807) is 0 Å². The molecular weight excluding hydrogens is 508 g/mol. The molecule has 0 amide bonds. The van der Waals surface area contributed by atoms with Crippen molar-refractivity contribution in [2.45, 2.75) is 0 Å². The van der Waals surface area contributed by atoms with Crippen LogP contribution in [0.4, 0.5) is 0 Å². The van der Waals surface area contributed by atoms with Gasteiger partial charge in [-0.1, -0.05) is 0 Å².